The Balaban J connectivity index is 2.77. The van der Waals surface area contributed by atoms with Gasteiger partial charge in [0.2, 0.25) is 5.88 Å². The van der Waals surface area contributed by atoms with Crippen LogP contribution in [-0.2, 0) is 12.0 Å². The van der Waals surface area contributed by atoms with Crippen molar-refractivity contribution in [3.63, 3.8) is 0 Å². The highest BCUT2D eigenvalue weighted by atomic mass is 16.5. The minimum atomic E-state index is 0.0439. The van der Waals surface area contributed by atoms with E-state index in [-0.39, 0.29) is 5.41 Å². The Hall–Kier alpha value is -1.09. The molecule has 0 spiro atoms. The van der Waals surface area contributed by atoms with Gasteiger partial charge in [-0.2, -0.15) is 0 Å². The first-order valence-electron chi connectivity index (χ1n) is 8.32. The van der Waals surface area contributed by atoms with Crippen LogP contribution in [0.15, 0.2) is 12.1 Å². The molecule has 1 heterocycles. The summed E-state index contributed by atoms with van der Waals surface area (Å²) in [6.07, 6.45) is 4.67. The van der Waals surface area contributed by atoms with Crippen LogP contribution in [0.4, 0.5) is 0 Å². The molecule has 0 atom stereocenters. The van der Waals surface area contributed by atoms with Crippen molar-refractivity contribution in [2.75, 3.05) is 13.2 Å². The molecule has 3 nitrogen and oxygen atoms in total. The van der Waals surface area contributed by atoms with Gasteiger partial charge in [0.25, 0.3) is 0 Å². The van der Waals surface area contributed by atoms with E-state index < -0.39 is 0 Å². The second-order valence-electron chi connectivity index (χ2n) is 6.68. The number of nitrogens with zero attached hydrogens (tertiary/aromatic N) is 1. The molecule has 0 aliphatic carbocycles. The molecule has 3 heteroatoms. The number of ether oxygens (including phenoxy) is 1. The summed E-state index contributed by atoms with van der Waals surface area (Å²) < 4.78 is 5.85. The Morgan fingerprint density at radius 1 is 1.10 bits per heavy atom. The Kier molecular flexibility index (Phi) is 7.73. The lowest BCUT2D eigenvalue weighted by atomic mass is 9.91. The minimum absolute atomic E-state index is 0.0439. The summed E-state index contributed by atoms with van der Waals surface area (Å²) in [5, 5.41) is 3.45. The van der Waals surface area contributed by atoms with Gasteiger partial charge >= 0.3 is 0 Å². The molecule has 0 aliphatic rings. The number of pyridine rings is 1. The van der Waals surface area contributed by atoms with Gasteiger partial charge in [-0.05, 0) is 31.0 Å². The first-order chi connectivity index (χ1) is 9.97. The zero-order valence-electron chi connectivity index (χ0n) is 14.5. The molecule has 0 bridgehead atoms. The van der Waals surface area contributed by atoms with Crippen molar-refractivity contribution in [2.45, 2.75) is 72.3 Å². The molecule has 0 amide bonds. The van der Waals surface area contributed by atoms with E-state index in [0.29, 0.717) is 0 Å². The number of rotatable bonds is 9. The van der Waals surface area contributed by atoms with Gasteiger partial charge in [0.1, 0.15) is 0 Å². The van der Waals surface area contributed by atoms with Gasteiger partial charge in [-0.1, -0.05) is 47.5 Å². The highest BCUT2D eigenvalue weighted by Crippen LogP contribution is 2.24. The monoisotopic (exact) mass is 292 g/mol. The van der Waals surface area contributed by atoms with E-state index in [4.69, 9.17) is 4.74 Å². The van der Waals surface area contributed by atoms with E-state index in [1.54, 1.807) is 0 Å². The number of hydrogen-bond acceptors (Lipinski definition) is 3. The van der Waals surface area contributed by atoms with Crippen LogP contribution in [-0.4, -0.2) is 18.1 Å². The van der Waals surface area contributed by atoms with Gasteiger partial charge in [-0.15, -0.1) is 0 Å². The molecular formula is C18H32N2O. The quantitative estimate of drug-likeness (QED) is 0.683. The van der Waals surface area contributed by atoms with Crippen molar-refractivity contribution in [3.05, 3.63) is 23.4 Å². The number of hydrogen-bond donors (Lipinski definition) is 1. The standard InChI is InChI=1S/C18H32N2O/c1-6-8-9-11-21-17-13-15(14-19-10-7-2)12-16(20-17)18(3,4)5/h12-13,19H,6-11,14H2,1-5H3. The molecule has 1 aromatic rings. The van der Waals surface area contributed by atoms with Crippen molar-refractivity contribution in [1.82, 2.24) is 10.3 Å². The molecule has 1 aromatic heterocycles. The summed E-state index contributed by atoms with van der Waals surface area (Å²) in [7, 11) is 0. The van der Waals surface area contributed by atoms with E-state index in [1.165, 1.54) is 18.4 Å². The van der Waals surface area contributed by atoms with Crippen molar-refractivity contribution in [1.29, 1.82) is 0 Å². The topological polar surface area (TPSA) is 34.1 Å². The fourth-order valence-corrected chi connectivity index (χ4v) is 2.06. The molecule has 0 aliphatic heterocycles. The van der Waals surface area contributed by atoms with Gasteiger partial charge in [-0.3, -0.25) is 0 Å². The Morgan fingerprint density at radius 3 is 2.48 bits per heavy atom. The fraction of sp³-hybridized carbons (Fsp3) is 0.722. The summed E-state index contributed by atoms with van der Waals surface area (Å²) in [4.78, 5) is 4.68. The maximum absolute atomic E-state index is 5.85. The molecule has 0 aromatic carbocycles. The van der Waals surface area contributed by atoms with Gasteiger partial charge < -0.3 is 10.1 Å². The Morgan fingerprint density at radius 2 is 1.86 bits per heavy atom. The number of unbranched alkanes of at least 4 members (excludes halogenated alkanes) is 2. The molecule has 1 N–H and O–H groups in total. The van der Waals surface area contributed by atoms with Crippen LogP contribution in [0.1, 0.15) is 71.6 Å². The highest BCUT2D eigenvalue weighted by Gasteiger charge is 2.17. The van der Waals surface area contributed by atoms with Crippen LogP contribution in [0.2, 0.25) is 0 Å². The zero-order valence-corrected chi connectivity index (χ0v) is 14.5. The highest BCUT2D eigenvalue weighted by molar-refractivity contribution is 5.28. The molecule has 21 heavy (non-hydrogen) atoms. The maximum atomic E-state index is 5.85. The second kappa shape index (κ2) is 9.04. The first kappa shape index (κ1) is 18.0. The van der Waals surface area contributed by atoms with E-state index >= 15 is 0 Å². The molecule has 0 unspecified atom stereocenters. The van der Waals surface area contributed by atoms with Crippen molar-refractivity contribution >= 4 is 0 Å². The Bertz CT molecular complexity index is 410. The SMILES string of the molecule is CCCCCOc1cc(CNCCC)cc(C(C)(C)C)n1. The van der Waals surface area contributed by atoms with Crippen LogP contribution in [0, 0.1) is 0 Å². The number of aromatic nitrogens is 1. The molecule has 0 fully saturated rings. The smallest absolute Gasteiger partial charge is 0.213 e. The van der Waals surface area contributed by atoms with Crippen molar-refractivity contribution in [2.24, 2.45) is 0 Å². The molecular weight excluding hydrogens is 260 g/mol. The maximum Gasteiger partial charge on any atom is 0.213 e. The average molecular weight is 292 g/mol. The van der Waals surface area contributed by atoms with E-state index in [9.17, 15) is 0 Å². The average Bonchev–Trinajstić information content (AvgIpc) is 2.43. The summed E-state index contributed by atoms with van der Waals surface area (Å²) >= 11 is 0. The summed E-state index contributed by atoms with van der Waals surface area (Å²) in [6, 6.07) is 4.27. The third kappa shape index (κ3) is 6.94. The number of nitrogens with one attached hydrogen (secondary N) is 1. The van der Waals surface area contributed by atoms with Gasteiger partial charge in [0, 0.05) is 18.0 Å². The van der Waals surface area contributed by atoms with Crippen LogP contribution in [0.3, 0.4) is 0 Å². The second-order valence-corrected chi connectivity index (χ2v) is 6.68. The minimum Gasteiger partial charge on any atom is -0.478 e. The van der Waals surface area contributed by atoms with Crippen LogP contribution in [0.25, 0.3) is 0 Å². The summed E-state index contributed by atoms with van der Waals surface area (Å²) in [6.45, 7) is 13.7. The lowest BCUT2D eigenvalue weighted by molar-refractivity contribution is 0.292. The molecule has 0 saturated heterocycles. The summed E-state index contributed by atoms with van der Waals surface area (Å²) in [5.41, 5.74) is 2.40. The third-order valence-electron chi connectivity index (χ3n) is 3.38. The predicted octanol–water partition coefficient (Wildman–Crippen LogP) is 4.45. The van der Waals surface area contributed by atoms with Crippen LogP contribution in [0.5, 0.6) is 5.88 Å². The lowest BCUT2D eigenvalue weighted by Gasteiger charge is -2.20. The zero-order chi connectivity index (χ0) is 15.7. The lowest BCUT2D eigenvalue weighted by Crippen LogP contribution is -2.18. The molecule has 1 rings (SSSR count). The third-order valence-corrected chi connectivity index (χ3v) is 3.38. The van der Waals surface area contributed by atoms with Gasteiger partial charge in [-0.25, -0.2) is 4.98 Å². The molecule has 0 saturated carbocycles. The van der Waals surface area contributed by atoms with E-state index in [0.717, 1.165) is 44.1 Å². The van der Waals surface area contributed by atoms with Crippen LogP contribution < -0.4 is 10.1 Å². The van der Waals surface area contributed by atoms with E-state index in [2.05, 4.69) is 57.1 Å². The fourth-order valence-electron chi connectivity index (χ4n) is 2.06. The van der Waals surface area contributed by atoms with Crippen LogP contribution >= 0.6 is 0 Å². The molecule has 0 radical (unpaired) electrons. The van der Waals surface area contributed by atoms with Gasteiger partial charge in [0.15, 0.2) is 0 Å². The Labute approximate surface area is 130 Å². The van der Waals surface area contributed by atoms with Gasteiger partial charge in [0.05, 0.1) is 12.3 Å². The summed E-state index contributed by atoms with van der Waals surface area (Å²) in [5.74, 6) is 0.770. The molecule has 120 valence electrons. The van der Waals surface area contributed by atoms with E-state index in [1.807, 2.05) is 0 Å². The first-order valence-corrected chi connectivity index (χ1v) is 8.32. The largest absolute Gasteiger partial charge is 0.478 e. The van der Waals surface area contributed by atoms with Crippen molar-refractivity contribution in [3.8, 4) is 5.88 Å². The predicted molar refractivity (Wildman–Crippen MR) is 90.0 cm³/mol. The van der Waals surface area contributed by atoms with Crippen molar-refractivity contribution < 1.29 is 4.74 Å². The normalized spacial score (nSPS) is 11.7.